The van der Waals surface area contributed by atoms with Crippen molar-refractivity contribution in [1.29, 1.82) is 0 Å². The summed E-state index contributed by atoms with van der Waals surface area (Å²) >= 11 is 0. The molecule has 0 unspecified atom stereocenters. The number of hydrogen-bond acceptors (Lipinski definition) is 6. The molecule has 0 amide bonds. The van der Waals surface area contributed by atoms with Crippen molar-refractivity contribution >= 4 is 11.5 Å². The number of ether oxygens (including phenoxy) is 2. The Bertz CT molecular complexity index is 1220. The van der Waals surface area contributed by atoms with Crippen LogP contribution in [0.1, 0.15) is 11.3 Å². The molecule has 0 radical (unpaired) electrons. The zero-order chi connectivity index (χ0) is 21.9. The van der Waals surface area contributed by atoms with Crippen molar-refractivity contribution in [2.45, 2.75) is 12.8 Å². The number of anilines is 1. The lowest BCUT2D eigenvalue weighted by molar-refractivity contribution is 0.122. The Kier molecular flexibility index (Phi) is 5.68. The average molecular weight is 433 g/mol. The quantitative estimate of drug-likeness (QED) is 0.463. The largest absolute Gasteiger partial charge is 0.496 e. The third-order valence-electron chi connectivity index (χ3n) is 5.86. The molecule has 0 saturated carbocycles. The second-order valence-electron chi connectivity index (χ2n) is 7.69. The van der Waals surface area contributed by atoms with Gasteiger partial charge in [0, 0.05) is 41.7 Å². The van der Waals surface area contributed by atoms with E-state index in [1.165, 1.54) is 6.07 Å². The van der Waals surface area contributed by atoms with E-state index in [1.54, 1.807) is 25.6 Å². The van der Waals surface area contributed by atoms with E-state index in [1.807, 2.05) is 28.8 Å². The Hall–Kier alpha value is -3.52. The van der Waals surface area contributed by atoms with Gasteiger partial charge < -0.3 is 14.4 Å². The molecule has 1 aliphatic heterocycles. The first-order valence-corrected chi connectivity index (χ1v) is 10.7. The number of rotatable bonds is 6. The van der Waals surface area contributed by atoms with E-state index in [0.717, 1.165) is 54.6 Å². The van der Waals surface area contributed by atoms with Gasteiger partial charge in [-0.05, 0) is 49.2 Å². The number of pyridine rings is 2. The molecular weight excluding hydrogens is 409 g/mol. The number of aromatic nitrogens is 4. The zero-order valence-electron chi connectivity index (χ0n) is 17.9. The van der Waals surface area contributed by atoms with Crippen LogP contribution in [0.15, 0.2) is 55.0 Å². The minimum atomic E-state index is -0.257. The summed E-state index contributed by atoms with van der Waals surface area (Å²) in [4.78, 5) is 6.88. The van der Waals surface area contributed by atoms with Gasteiger partial charge in [-0.15, -0.1) is 10.2 Å². The maximum absolute atomic E-state index is 14.3. The van der Waals surface area contributed by atoms with Crippen molar-refractivity contribution in [2.75, 3.05) is 38.3 Å². The van der Waals surface area contributed by atoms with Gasteiger partial charge in [-0.25, -0.2) is 9.37 Å². The van der Waals surface area contributed by atoms with Crippen LogP contribution in [0.5, 0.6) is 5.75 Å². The number of aryl methyl sites for hydroxylation is 1. The van der Waals surface area contributed by atoms with E-state index < -0.39 is 0 Å². The number of benzene rings is 1. The van der Waals surface area contributed by atoms with Crippen LogP contribution in [-0.4, -0.2) is 53.0 Å². The second-order valence-corrected chi connectivity index (χ2v) is 7.69. The first-order chi connectivity index (χ1) is 15.7. The summed E-state index contributed by atoms with van der Waals surface area (Å²) in [6, 6.07) is 13.1. The van der Waals surface area contributed by atoms with Gasteiger partial charge in [-0.1, -0.05) is 6.07 Å². The van der Waals surface area contributed by atoms with Gasteiger partial charge in [0.1, 0.15) is 23.7 Å². The van der Waals surface area contributed by atoms with Crippen molar-refractivity contribution in [3.8, 4) is 16.9 Å². The summed E-state index contributed by atoms with van der Waals surface area (Å²) < 4.78 is 27.0. The highest BCUT2D eigenvalue weighted by molar-refractivity contribution is 5.77. The van der Waals surface area contributed by atoms with E-state index in [0.29, 0.717) is 24.2 Å². The topological polar surface area (TPSA) is 64.8 Å². The molecule has 0 bridgehead atoms. The molecule has 1 saturated heterocycles. The molecule has 1 aliphatic rings. The Morgan fingerprint density at radius 2 is 1.94 bits per heavy atom. The van der Waals surface area contributed by atoms with Crippen LogP contribution in [0.4, 0.5) is 10.2 Å². The lowest BCUT2D eigenvalue weighted by Gasteiger charge is -2.27. The van der Waals surface area contributed by atoms with Gasteiger partial charge in [0.2, 0.25) is 0 Å². The standard InChI is InChI=1S/C24H24FN5O2/c1-31-22-4-2-3-21(25)20(22)9-7-18-6-8-19(24-28-27-16-30(18)24)17-5-10-23(26-15-17)29-11-13-32-14-12-29/h2-6,8,10,15-16H,7,9,11-14H2,1H3. The van der Waals surface area contributed by atoms with Gasteiger partial charge >= 0.3 is 0 Å². The highest BCUT2D eigenvalue weighted by atomic mass is 19.1. The number of methoxy groups -OCH3 is 1. The van der Waals surface area contributed by atoms with Crippen molar-refractivity contribution in [2.24, 2.45) is 0 Å². The summed E-state index contributed by atoms with van der Waals surface area (Å²) in [7, 11) is 1.56. The van der Waals surface area contributed by atoms with Gasteiger partial charge in [0.05, 0.1) is 20.3 Å². The lowest BCUT2D eigenvalue weighted by atomic mass is 10.0. The average Bonchev–Trinajstić information content (AvgIpc) is 3.34. The van der Waals surface area contributed by atoms with E-state index in [9.17, 15) is 4.39 Å². The normalized spacial score (nSPS) is 14.1. The molecule has 1 aromatic carbocycles. The van der Waals surface area contributed by atoms with Crippen molar-refractivity contribution in [1.82, 2.24) is 19.6 Å². The molecule has 0 aliphatic carbocycles. The molecule has 5 rings (SSSR count). The summed E-state index contributed by atoms with van der Waals surface area (Å²) in [6.45, 7) is 3.15. The summed E-state index contributed by atoms with van der Waals surface area (Å²) in [5.41, 5.74) is 4.25. The van der Waals surface area contributed by atoms with E-state index >= 15 is 0 Å². The molecule has 4 aromatic rings. The first kappa shape index (κ1) is 20.4. The highest BCUT2D eigenvalue weighted by Gasteiger charge is 2.15. The Balaban J connectivity index is 1.40. The molecule has 0 N–H and O–H groups in total. The molecule has 1 fully saturated rings. The minimum absolute atomic E-state index is 0.257. The number of nitrogens with zero attached hydrogens (tertiary/aromatic N) is 5. The van der Waals surface area contributed by atoms with E-state index in [-0.39, 0.29) is 5.82 Å². The fraction of sp³-hybridized carbons (Fsp3) is 0.292. The molecule has 32 heavy (non-hydrogen) atoms. The van der Waals surface area contributed by atoms with E-state index in [2.05, 4.69) is 26.1 Å². The number of fused-ring (bicyclic) bond motifs is 1. The Labute approximate surface area is 185 Å². The smallest absolute Gasteiger partial charge is 0.168 e. The monoisotopic (exact) mass is 433 g/mol. The second kappa shape index (κ2) is 8.92. The van der Waals surface area contributed by atoms with Crippen LogP contribution in [0, 0.1) is 5.82 Å². The van der Waals surface area contributed by atoms with Crippen LogP contribution in [0.2, 0.25) is 0 Å². The van der Waals surface area contributed by atoms with Crippen molar-refractivity contribution < 1.29 is 13.9 Å². The number of hydrogen-bond donors (Lipinski definition) is 0. The fourth-order valence-corrected chi connectivity index (χ4v) is 4.14. The fourth-order valence-electron chi connectivity index (χ4n) is 4.14. The molecule has 7 nitrogen and oxygen atoms in total. The maximum Gasteiger partial charge on any atom is 0.168 e. The minimum Gasteiger partial charge on any atom is -0.496 e. The SMILES string of the molecule is COc1cccc(F)c1CCc1ccc(-c2ccc(N3CCOCC3)nc2)c2nncn12. The van der Waals surface area contributed by atoms with Crippen LogP contribution >= 0.6 is 0 Å². The van der Waals surface area contributed by atoms with Gasteiger partial charge in [-0.3, -0.25) is 4.40 Å². The highest BCUT2D eigenvalue weighted by Crippen LogP contribution is 2.27. The summed E-state index contributed by atoms with van der Waals surface area (Å²) in [5.74, 6) is 1.26. The van der Waals surface area contributed by atoms with Crippen LogP contribution in [-0.2, 0) is 17.6 Å². The van der Waals surface area contributed by atoms with E-state index in [4.69, 9.17) is 9.47 Å². The zero-order valence-corrected chi connectivity index (χ0v) is 17.9. The van der Waals surface area contributed by atoms with Gasteiger partial charge in [0.15, 0.2) is 5.65 Å². The molecular formula is C24H24FN5O2. The predicted octanol–water partition coefficient (Wildman–Crippen LogP) is 3.56. The maximum atomic E-state index is 14.3. The van der Waals surface area contributed by atoms with Crippen LogP contribution in [0.3, 0.4) is 0 Å². The Morgan fingerprint density at radius 3 is 2.72 bits per heavy atom. The first-order valence-electron chi connectivity index (χ1n) is 10.7. The van der Waals surface area contributed by atoms with Gasteiger partial charge in [0.25, 0.3) is 0 Å². The molecule has 8 heteroatoms. The van der Waals surface area contributed by atoms with Crippen molar-refractivity contribution in [3.63, 3.8) is 0 Å². The third-order valence-corrected chi connectivity index (χ3v) is 5.86. The van der Waals surface area contributed by atoms with Gasteiger partial charge in [-0.2, -0.15) is 0 Å². The predicted molar refractivity (Wildman–Crippen MR) is 120 cm³/mol. The van der Waals surface area contributed by atoms with Crippen LogP contribution < -0.4 is 9.64 Å². The Morgan fingerprint density at radius 1 is 1.06 bits per heavy atom. The summed E-state index contributed by atoms with van der Waals surface area (Å²) in [5, 5.41) is 8.45. The summed E-state index contributed by atoms with van der Waals surface area (Å²) in [6.07, 6.45) is 4.71. The molecule has 0 atom stereocenters. The number of halogens is 1. The van der Waals surface area contributed by atoms with Crippen molar-refractivity contribution in [3.05, 3.63) is 72.1 Å². The molecule has 3 aromatic heterocycles. The molecule has 0 spiro atoms. The van der Waals surface area contributed by atoms with Crippen LogP contribution in [0.25, 0.3) is 16.8 Å². The molecule has 164 valence electrons. The molecule has 4 heterocycles. The third kappa shape index (κ3) is 3.89. The lowest BCUT2D eigenvalue weighted by Crippen LogP contribution is -2.36. The number of morpholine rings is 1.